The Balaban J connectivity index is 2.03. The number of anilines is 1. The van der Waals surface area contributed by atoms with E-state index in [2.05, 4.69) is 13.0 Å². The smallest absolute Gasteiger partial charge is 0.299 e. The molecule has 1 aliphatic heterocycles. The number of hydrogen-bond acceptors (Lipinski definition) is 3. The van der Waals surface area contributed by atoms with E-state index in [1.54, 1.807) is 16.2 Å². The Hall–Kier alpha value is -1.94. The summed E-state index contributed by atoms with van der Waals surface area (Å²) >= 11 is 1.70. The van der Waals surface area contributed by atoms with Crippen molar-refractivity contribution in [2.45, 2.75) is 33.7 Å². The van der Waals surface area contributed by atoms with Gasteiger partial charge in [-0.25, -0.2) is 0 Å². The second-order valence-corrected chi connectivity index (χ2v) is 6.62. The summed E-state index contributed by atoms with van der Waals surface area (Å²) < 4.78 is 0. The Kier molecular flexibility index (Phi) is 3.41. The number of nitrogens with zero attached hydrogens (tertiary/aromatic N) is 1. The molecule has 0 fully saturated rings. The van der Waals surface area contributed by atoms with Gasteiger partial charge in [0.2, 0.25) is 0 Å². The summed E-state index contributed by atoms with van der Waals surface area (Å²) in [5, 5.41) is 0. The van der Waals surface area contributed by atoms with Crippen LogP contribution in [-0.2, 0) is 17.8 Å². The van der Waals surface area contributed by atoms with Gasteiger partial charge in [-0.05, 0) is 43.5 Å². The number of carbonyl (C=O) groups excluding carboxylic acids is 2. The van der Waals surface area contributed by atoms with E-state index in [9.17, 15) is 9.59 Å². The molecule has 0 bridgehead atoms. The number of fused-ring (bicyclic) bond motifs is 1. The molecular formula is C17H17NO2S. The van der Waals surface area contributed by atoms with Gasteiger partial charge in [0.25, 0.3) is 11.7 Å². The summed E-state index contributed by atoms with van der Waals surface area (Å²) in [6.45, 7) is 6.42. The predicted molar refractivity (Wildman–Crippen MR) is 85.1 cm³/mol. The number of ketones is 1. The third kappa shape index (κ3) is 2.20. The molecule has 1 aliphatic rings. The predicted octanol–water partition coefficient (Wildman–Crippen LogP) is 3.66. The summed E-state index contributed by atoms with van der Waals surface area (Å²) in [6, 6.07) is 8.01. The third-order valence-electron chi connectivity index (χ3n) is 3.90. The van der Waals surface area contributed by atoms with Crippen LogP contribution >= 0.6 is 11.3 Å². The van der Waals surface area contributed by atoms with Gasteiger partial charge < -0.3 is 0 Å². The van der Waals surface area contributed by atoms with Gasteiger partial charge in [-0.1, -0.05) is 19.1 Å². The molecule has 0 saturated carbocycles. The molecule has 0 radical (unpaired) electrons. The Bertz CT molecular complexity index is 745. The van der Waals surface area contributed by atoms with E-state index >= 15 is 0 Å². The highest BCUT2D eigenvalue weighted by atomic mass is 32.1. The minimum Gasteiger partial charge on any atom is -0.299 e. The zero-order valence-electron chi connectivity index (χ0n) is 12.4. The summed E-state index contributed by atoms with van der Waals surface area (Å²) in [5.74, 6) is -0.785. The molecule has 21 heavy (non-hydrogen) atoms. The number of benzene rings is 1. The van der Waals surface area contributed by atoms with Gasteiger partial charge >= 0.3 is 0 Å². The van der Waals surface area contributed by atoms with Crippen LogP contribution in [0.5, 0.6) is 0 Å². The highest BCUT2D eigenvalue weighted by Crippen LogP contribution is 2.36. The molecule has 0 saturated heterocycles. The summed E-state index contributed by atoms with van der Waals surface area (Å²) in [4.78, 5) is 28.6. The topological polar surface area (TPSA) is 37.4 Å². The van der Waals surface area contributed by atoms with E-state index < -0.39 is 5.91 Å². The van der Waals surface area contributed by atoms with Crippen molar-refractivity contribution in [1.29, 1.82) is 0 Å². The van der Waals surface area contributed by atoms with Gasteiger partial charge in [0.1, 0.15) is 0 Å². The van der Waals surface area contributed by atoms with Crippen molar-refractivity contribution in [1.82, 2.24) is 0 Å². The van der Waals surface area contributed by atoms with Crippen LogP contribution in [0.3, 0.4) is 0 Å². The number of aryl methyl sites for hydroxylation is 3. The first-order valence-electron chi connectivity index (χ1n) is 7.07. The monoisotopic (exact) mass is 299 g/mol. The number of Topliss-reactive ketones (excluding diaryl/α,β-unsaturated/α-hetero) is 1. The first-order chi connectivity index (χ1) is 10.0. The van der Waals surface area contributed by atoms with Gasteiger partial charge in [0.15, 0.2) is 0 Å². The molecule has 0 atom stereocenters. The van der Waals surface area contributed by atoms with Crippen LogP contribution in [-0.4, -0.2) is 11.7 Å². The molecule has 0 aliphatic carbocycles. The van der Waals surface area contributed by atoms with Crippen molar-refractivity contribution in [2.75, 3.05) is 4.90 Å². The highest BCUT2D eigenvalue weighted by molar-refractivity contribution is 7.12. The zero-order valence-corrected chi connectivity index (χ0v) is 13.2. The van der Waals surface area contributed by atoms with Crippen molar-refractivity contribution < 1.29 is 9.59 Å². The maximum atomic E-state index is 12.3. The maximum Gasteiger partial charge on any atom is 0.299 e. The van der Waals surface area contributed by atoms with E-state index in [0.29, 0.717) is 12.1 Å². The van der Waals surface area contributed by atoms with E-state index in [1.807, 2.05) is 32.0 Å². The minimum atomic E-state index is -0.408. The lowest BCUT2D eigenvalue weighted by molar-refractivity contribution is -0.114. The number of hydrogen-bond donors (Lipinski definition) is 0. The van der Waals surface area contributed by atoms with Gasteiger partial charge in [0, 0.05) is 9.75 Å². The second-order valence-electron chi connectivity index (χ2n) is 5.36. The quantitative estimate of drug-likeness (QED) is 0.811. The highest BCUT2D eigenvalue weighted by Gasteiger charge is 2.38. The number of rotatable bonds is 3. The van der Waals surface area contributed by atoms with E-state index in [1.165, 1.54) is 4.88 Å². The molecule has 0 N–H and O–H groups in total. The minimum absolute atomic E-state index is 0.376. The lowest BCUT2D eigenvalue weighted by Crippen LogP contribution is -2.29. The molecule has 1 aromatic heterocycles. The molecule has 4 heteroatoms. The Morgan fingerprint density at radius 3 is 2.33 bits per heavy atom. The lowest BCUT2D eigenvalue weighted by Gasteiger charge is -2.18. The van der Waals surface area contributed by atoms with Gasteiger partial charge in [-0.2, -0.15) is 0 Å². The van der Waals surface area contributed by atoms with Crippen molar-refractivity contribution in [3.05, 3.63) is 50.7 Å². The van der Waals surface area contributed by atoms with Crippen molar-refractivity contribution in [3.63, 3.8) is 0 Å². The average molecular weight is 299 g/mol. The van der Waals surface area contributed by atoms with Crippen LogP contribution in [0.1, 0.15) is 38.2 Å². The van der Waals surface area contributed by atoms with Crippen molar-refractivity contribution in [3.8, 4) is 0 Å². The standard InChI is InChI=1S/C17H17NO2S/c1-4-12-7-8-13(21-12)9-18-15-11(3)6-5-10(2)14(15)16(19)17(18)20/h5-8H,4,9H2,1-3H3. The van der Waals surface area contributed by atoms with Crippen LogP contribution in [0.4, 0.5) is 5.69 Å². The fraction of sp³-hybridized carbons (Fsp3) is 0.294. The first-order valence-corrected chi connectivity index (χ1v) is 7.88. The van der Waals surface area contributed by atoms with Gasteiger partial charge in [-0.3, -0.25) is 14.5 Å². The molecule has 3 rings (SSSR count). The lowest BCUT2D eigenvalue weighted by atomic mass is 10.0. The largest absolute Gasteiger partial charge is 0.299 e. The van der Waals surface area contributed by atoms with E-state index in [-0.39, 0.29) is 5.78 Å². The van der Waals surface area contributed by atoms with Crippen molar-refractivity contribution in [2.24, 2.45) is 0 Å². The molecule has 2 aromatic rings. The molecular weight excluding hydrogens is 282 g/mol. The Morgan fingerprint density at radius 2 is 1.67 bits per heavy atom. The number of amides is 1. The zero-order chi connectivity index (χ0) is 15.1. The van der Waals surface area contributed by atoms with Crippen LogP contribution in [0.2, 0.25) is 0 Å². The summed E-state index contributed by atoms with van der Waals surface area (Å²) in [7, 11) is 0. The molecule has 108 valence electrons. The number of carbonyl (C=O) groups is 2. The van der Waals surface area contributed by atoms with E-state index in [4.69, 9.17) is 0 Å². The molecule has 2 heterocycles. The normalized spacial score (nSPS) is 14.0. The molecule has 3 nitrogen and oxygen atoms in total. The Morgan fingerprint density at radius 1 is 1.00 bits per heavy atom. The molecule has 1 amide bonds. The second kappa shape index (κ2) is 5.11. The number of thiophene rings is 1. The summed E-state index contributed by atoms with van der Waals surface area (Å²) in [5.41, 5.74) is 3.21. The van der Waals surface area contributed by atoms with Crippen LogP contribution in [0.15, 0.2) is 24.3 Å². The average Bonchev–Trinajstić information content (AvgIpc) is 3.02. The fourth-order valence-corrected chi connectivity index (χ4v) is 3.71. The van der Waals surface area contributed by atoms with Crippen LogP contribution in [0, 0.1) is 13.8 Å². The van der Waals surface area contributed by atoms with E-state index in [0.717, 1.165) is 28.1 Å². The first kappa shape index (κ1) is 14.0. The Labute approximate surface area is 128 Å². The SMILES string of the molecule is CCc1ccc(CN2C(=O)C(=O)c3c(C)ccc(C)c32)s1. The third-order valence-corrected chi connectivity index (χ3v) is 5.12. The van der Waals surface area contributed by atoms with Crippen LogP contribution < -0.4 is 4.90 Å². The van der Waals surface area contributed by atoms with Gasteiger partial charge in [0.05, 0.1) is 17.8 Å². The van der Waals surface area contributed by atoms with Gasteiger partial charge in [-0.15, -0.1) is 11.3 Å². The summed E-state index contributed by atoms with van der Waals surface area (Å²) in [6.07, 6.45) is 0.992. The van der Waals surface area contributed by atoms with Crippen molar-refractivity contribution >= 4 is 28.7 Å². The molecule has 0 unspecified atom stereocenters. The van der Waals surface area contributed by atoms with Crippen LogP contribution in [0.25, 0.3) is 0 Å². The maximum absolute atomic E-state index is 12.3. The fourth-order valence-electron chi connectivity index (χ4n) is 2.77. The molecule has 0 spiro atoms. The molecule has 1 aromatic carbocycles.